The highest BCUT2D eigenvalue weighted by atomic mass is 35.5. The first kappa shape index (κ1) is 15.8. The Morgan fingerprint density at radius 3 is 2.48 bits per heavy atom. The van der Waals surface area contributed by atoms with Crippen LogP contribution in [0.4, 0.5) is 0 Å². The molecule has 0 atom stereocenters. The molecule has 0 unspecified atom stereocenters. The molecule has 2 aromatic carbocycles. The quantitative estimate of drug-likeness (QED) is 0.846. The Balaban J connectivity index is 2.20. The van der Waals surface area contributed by atoms with Crippen LogP contribution in [0, 0.1) is 11.3 Å². The molecule has 21 heavy (non-hydrogen) atoms. The lowest BCUT2D eigenvalue weighted by Gasteiger charge is -2.07. The van der Waals surface area contributed by atoms with E-state index in [4.69, 9.17) is 28.5 Å². The summed E-state index contributed by atoms with van der Waals surface area (Å²) < 4.78 is 24.5. The van der Waals surface area contributed by atoms with Gasteiger partial charge in [0, 0.05) is 10.0 Å². The Bertz CT molecular complexity index is 811. The topological polar surface area (TPSA) is 57.9 Å². The highest BCUT2D eigenvalue weighted by Gasteiger charge is 2.15. The SMILES string of the molecule is N#Cc1cccc(CS(=O)(=O)Cc2ccc(Cl)cc2Cl)c1. The molecule has 0 bridgehead atoms. The second kappa shape index (κ2) is 6.48. The van der Waals surface area contributed by atoms with Crippen LogP contribution in [0.3, 0.4) is 0 Å². The van der Waals surface area contributed by atoms with Crippen molar-refractivity contribution in [3.8, 4) is 6.07 Å². The maximum Gasteiger partial charge on any atom is 0.158 e. The van der Waals surface area contributed by atoms with Crippen molar-refractivity contribution in [1.29, 1.82) is 5.26 Å². The fraction of sp³-hybridized carbons (Fsp3) is 0.133. The average Bonchev–Trinajstić information content (AvgIpc) is 2.41. The average molecular weight is 340 g/mol. The van der Waals surface area contributed by atoms with Crippen LogP contribution in [0.1, 0.15) is 16.7 Å². The summed E-state index contributed by atoms with van der Waals surface area (Å²) in [6.45, 7) is 0. The van der Waals surface area contributed by atoms with Crippen LogP contribution >= 0.6 is 23.2 Å². The second-order valence-corrected chi connectivity index (χ2v) is 7.49. The predicted molar refractivity (Wildman–Crippen MR) is 83.9 cm³/mol. The van der Waals surface area contributed by atoms with Gasteiger partial charge in [-0.2, -0.15) is 5.26 Å². The van der Waals surface area contributed by atoms with Crippen LogP contribution in [0.2, 0.25) is 10.0 Å². The van der Waals surface area contributed by atoms with Crippen LogP contribution in [-0.4, -0.2) is 8.42 Å². The van der Waals surface area contributed by atoms with E-state index in [-0.39, 0.29) is 11.5 Å². The van der Waals surface area contributed by atoms with E-state index in [2.05, 4.69) is 0 Å². The first-order chi connectivity index (χ1) is 9.89. The summed E-state index contributed by atoms with van der Waals surface area (Å²) in [6, 6.07) is 13.3. The van der Waals surface area contributed by atoms with Crippen molar-refractivity contribution in [3.63, 3.8) is 0 Å². The Morgan fingerprint density at radius 1 is 1.05 bits per heavy atom. The third kappa shape index (κ3) is 4.47. The van der Waals surface area contributed by atoms with Gasteiger partial charge in [-0.05, 0) is 35.4 Å². The van der Waals surface area contributed by atoms with Gasteiger partial charge in [0.15, 0.2) is 9.84 Å². The number of hydrogen-bond acceptors (Lipinski definition) is 3. The van der Waals surface area contributed by atoms with Crippen LogP contribution in [0.15, 0.2) is 42.5 Å². The number of halogens is 2. The lowest BCUT2D eigenvalue weighted by molar-refractivity contribution is 0.594. The number of sulfone groups is 1. The van der Waals surface area contributed by atoms with E-state index in [1.165, 1.54) is 6.07 Å². The van der Waals surface area contributed by atoms with E-state index in [0.717, 1.165) is 0 Å². The van der Waals surface area contributed by atoms with Crippen molar-refractivity contribution in [3.05, 3.63) is 69.2 Å². The lowest BCUT2D eigenvalue weighted by atomic mass is 10.2. The van der Waals surface area contributed by atoms with E-state index in [1.807, 2.05) is 6.07 Å². The Morgan fingerprint density at radius 2 is 1.81 bits per heavy atom. The summed E-state index contributed by atoms with van der Waals surface area (Å²) in [5.74, 6) is -0.304. The standard InChI is InChI=1S/C15H11Cl2NO2S/c16-14-5-4-13(15(17)7-14)10-21(19,20)9-12-3-1-2-11(6-12)8-18/h1-7H,9-10H2. The summed E-state index contributed by atoms with van der Waals surface area (Å²) in [5.41, 5.74) is 1.53. The largest absolute Gasteiger partial charge is 0.228 e. The number of hydrogen-bond donors (Lipinski definition) is 0. The minimum absolute atomic E-state index is 0.137. The minimum Gasteiger partial charge on any atom is -0.228 e. The molecule has 2 rings (SSSR count). The predicted octanol–water partition coefficient (Wildman–Crippen LogP) is 3.98. The minimum atomic E-state index is -3.38. The number of nitrogens with zero attached hydrogens (tertiary/aromatic N) is 1. The van der Waals surface area contributed by atoms with Crippen molar-refractivity contribution < 1.29 is 8.42 Å². The molecule has 0 fully saturated rings. The van der Waals surface area contributed by atoms with Gasteiger partial charge in [0.2, 0.25) is 0 Å². The van der Waals surface area contributed by atoms with E-state index in [9.17, 15) is 8.42 Å². The van der Waals surface area contributed by atoms with Gasteiger partial charge in [0.1, 0.15) is 0 Å². The molecule has 0 aliphatic rings. The van der Waals surface area contributed by atoms with Gasteiger partial charge in [-0.3, -0.25) is 0 Å². The fourth-order valence-electron chi connectivity index (χ4n) is 1.91. The molecule has 0 saturated heterocycles. The lowest BCUT2D eigenvalue weighted by Crippen LogP contribution is -2.08. The Hall–Kier alpha value is -1.54. The zero-order chi connectivity index (χ0) is 15.5. The van der Waals surface area contributed by atoms with Crippen LogP contribution in [0.25, 0.3) is 0 Å². The van der Waals surface area contributed by atoms with Crippen molar-refractivity contribution in [2.75, 3.05) is 0 Å². The number of benzene rings is 2. The molecule has 0 aromatic heterocycles. The van der Waals surface area contributed by atoms with Crippen LogP contribution < -0.4 is 0 Å². The smallest absolute Gasteiger partial charge is 0.158 e. The third-order valence-electron chi connectivity index (χ3n) is 2.83. The second-order valence-electron chi connectivity index (χ2n) is 4.58. The van der Waals surface area contributed by atoms with Gasteiger partial charge in [-0.1, -0.05) is 41.4 Å². The molecule has 0 N–H and O–H groups in total. The summed E-state index contributed by atoms with van der Waals surface area (Å²) in [7, 11) is -3.38. The molecule has 0 heterocycles. The first-order valence-corrected chi connectivity index (χ1v) is 8.61. The molecular formula is C15H11Cl2NO2S. The van der Waals surface area contributed by atoms with E-state index in [0.29, 0.717) is 26.7 Å². The fourth-order valence-corrected chi connectivity index (χ4v) is 3.98. The number of rotatable bonds is 4. The van der Waals surface area contributed by atoms with E-state index >= 15 is 0 Å². The molecule has 0 saturated carbocycles. The molecule has 108 valence electrons. The van der Waals surface area contributed by atoms with E-state index < -0.39 is 9.84 Å². The van der Waals surface area contributed by atoms with Gasteiger partial charge in [-0.25, -0.2) is 8.42 Å². The van der Waals surface area contributed by atoms with Crippen molar-refractivity contribution >= 4 is 33.0 Å². The zero-order valence-electron chi connectivity index (χ0n) is 10.9. The van der Waals surface area contributed by atoms with E-state index in [1.54, 1.807) is 36.4 Å². The maximum absolute atomic E-state index is 12.2. The molecule has 3 nitrogen and oxygen atoms in total. The van der Waals surface area contributed by atoms with Gasteiger partial charge in [0.05, 0.1) is 23.1 Å². The molecule has 0 radical (unpaired) electrons. The molecular weight excluding hydrogens is 329 g/mol. The summed E-state index contributed by atoms with van der Waals surface area (Å²) >= 11 is 11.8. The van der Waals surface area contributed by atoms with Gasteiger partial charge in [-0.15, -0.1) is 0 Å². The van der Waals surface area contributed by atoms with Crippen molar-refractivity contribution in [2.24, 2.45) is 0 Å². The van der Waals surface area contributed by atoms with Gasteiger partial charge >= 0.3 is 0 Å². The Kier molecular flexibility index (Phi) is 4.89. The first-order valence-electron chi connectivity index (χ1n) is 6.03. The molecule has 0 aliphatic carbocycles. The summed E-state index contributed by atoms with van der Waals surface area (Å²) in [6.07, 6.45) is 0. The zero-order valence-corrected chi connectivity index (χ0v) is 13.2. The highest BCUT2D eigenvalue weighted by Crippen LogP contribution is 2.24. The highest BCUT2D eigenvalue weighted by molar-refractivity contribution is 7.89. The monoisotopic (exact) mass is 339 g/mol. The third-order valence-corrected chi connectivity index (χ3v) is 4.94. The molecule has 0 spiro atoms. The maximum atomic E-state index is 12.2. The molecule has 0 amide bonds. The van der Waals surface area contributed by atoms with Crippen LogP contribution in [0.5, 0.6) is 0 Å². The van der Waals surface area contributed by atoms with Gasteiger partial charge < -0.3 is 0 Å². The van der Waals surface area contributed by atoms with Crippen molar-refractivity contribution in [2.45, 2.75) is 11.5 Å². The Labute approximate surface area is 133 Å². The molecule has 2 aromatic rings. The number of nitriles is 1. The van der Waals surface area contributed by atoms with Crippen molar-refractivity contribution in [1.82, 2.24) is 0 Å². The molecule has 0 aliphatic heterocycles. The van der Waals surface area contributed by atoms with Crippen LogP contribution in [-0.2, 0) is 21.3 Å². The van der Waals surface area contributed by atoms with Gasteiger partial charge in [0.25, 0.3) is 0 Å². The summed E-state index contributed by atoms with van der Waals surface area (Å²) in [5, 5.41) is 9.62. The molecule has 6 heteroatoms. The summed E-state index contributed by atoms with van der Waals surface area (Å²) in [4.78, 5) is 0. The normalized spacial score (nSPS) is 11.1.